The highest BCUT2D eigenvalue weighted by molar-refractivity contribution is 7.92. The highest BCUT2D eigenvalue weighted by Gasteiger charge is 2.38. The lowest BCUT2D eigenvalue weighted by molar-refractivity contribution is -0.129. The Morgan fingerprint density at radius 1 is 0.879 bits per heavy atom. The van der Waals surface area contributed by atoms with Crippen LogP contribution in [-0.4, -0.2) is 32.4 Å². The summed E-state index contributed by atoms with van der Waals surface area (Å²) in [6, 6.07) is 16.7. The molecule has 0 atom stereocenters. The summed E-state index contributed by atoms with van der Waals surface area (Å²) in [7, 11) is -4.45. The number of likely N-dealkylation sites (tertiary alicyclic amines) is 1. The number of hydrogen-bond donors (Lipinski definition) is 0. The standard InChI is InChI=1S/C26H29NO5S/c1-26(2)18-20(17-21(19-26)27-15-9-10-16-27)24(25(28)31-22-11-5-3-6-12-22)33(29,30)32-23-13-7-4-8-14-23/h3-8,11-14,17H,9-10,15-16,18-19H2,1-2H3. The Morgan fingerprint density at radius 3 is 2.06 bits per heavy atom. The van der Waals surface area contributed by atoms with Crippen LogP contribution in [0.15, 0.2) is 82.9 Å². The zero-order chi connectivity index (χ0) is 23.5. The number of hydrogen-bond acceptors (Lipinski definition) is 6. The molecule has 1 fully saturated rings. The Balaban J connectivity index is 1.80. The van der Waals surface area contributed by atoms with Crippen LogP contribution in [0.4, 0.5) is 0 Å². The van der Waals surface area contributed by atoms with E-state index in [9.17, 15) is 13.2 Å². The molecule has 33 heavy (non-hydrogen) atoms. The van der Waals surface area contributed by atoms with E-state index in [1.165, 1.54) is 0 Å². The molecule has 174 valence electrons. The number of benzene rings is 2. The van der Waals surface area contributed by atoms with Gasteiger partial charge in [-0.15, -0.1) is 0 Å². The minimum atomic E-state index is -4.45. The summed E-state index contributed by atoms with van der Waals surface area (Å²) in [5, 5.41) is 0. The van der Waals surface area contributed by atoms with Gasteiger partial charge in [0.2, 0.25) is 0 Å². The van der Waals surface area contributed by atoms with Gasteiger partial charge in [0.15, 0.2) is 4.91 Å². The Hall–Kier alpha value is -3.06. The van der Waals surface area contributed by atoms with Crippen molar-refractivity contribution in [3.8, 4) is 11.5 Å². The van der Waals surface area contributed by atoms with Gasteiger partial charge in [0.05, 0.1) is 0 Å². The Labute approximate surface area is 195 Å². The first kappa shape index (κ1) is 23.1. The van der Waals surface area contributed by atoms with Gasteiger partial charge in [0.1, 0.15) is 11.5 Å². The third-order valence-electron chi connectivity index (χ3n) is 5.81. The number of carbonyl (C=O) groups excluding carboxylic acids is 1. The average Bonchev–Trinajstić information content (AvgIpc) is 3.29. The molecule has 1 aliphatic carbocycles. The number of rotatable bonds is 6. The predicted octanol–water partition coefficient (Wildman–Crippen LogP) is 5.05. The van der Waals surface area contributed by atoms with Gasteiger partial charge in [-0.05, 0) is 67.0 Å². The van der Waals surface area contributed by atoms with Crippen LogP contribution in [0.1, 0.15) is 39.5 Å². The van der Waals surface area contributed by atoms with Crippen molar-refractivity contribution in [2.45, 2.75) is 39.5 Å². The zero-order valence-electron chi connectivity index (χ0n) is 19.0. The van der Waals surface area contributed by atoms with E-state index in [0.29, 0.717) is 12.0 Å². The minimum Gasteiger partial charge on any atom is -0.422 e. The second-order valence-corrected chi connectivity index (χ2v) is 10.7. The third kappa shape index (κ3) is 5.66. The lowest BCUT2D eigenvalue weighted by Crippen LogP contribution is -2.30. The molecule has 0 aromatic heterocycles. The van der Waals surface area contributed by atoms with Crippen LogP contribution in [0.2, 0.25) is 0 Å². The van der Waals surface area contributed by atoms with Crippen LogP contribution in [0.25, 0.3) is 0 Å². The van der Waals surface area contributed by atoms with Crippen LogP contribution < -0.4 is 8.92 Å². The van der Waals surface area contributed by atoms with Crippen molar-refractivity contribution >= 4 is 16.1 Å². The first-order valence-corrected chi connectivity index (χ1v) is 12.6. The molecule has 1 aliphatic heterocycles. The van der Waals surface area contributed by atoms with Gasteiger partial charge in [0.25, 0.3) is 0 Å². The summed E-state index contributed by atoms with van der Waals surface area (Å²) in [6.07, 6.45) is 5.30. The maximum atomic E-state index is 13.4. The molecule has 0 bridgehead atoms. The van der Waals surface area contributed by atoms with Gasteiger partial charge in [-0.2, -0.15) is 8.42 Å². The number of allylic oxidation sites excluding steroid dienone is 3. The molecule has 0 N–H and O–H groups in total. The molecule has 0 saturated carbocycles. The van der Waals surface area contributed by atoms with E-state index < -0.39 is 21.0 Å². The number of ether oxygens (including phenoxy) is 1. The smallest absolute Gasteiger partial charge is 0.359 e. The molecule has 2 aromatic carbocycles. The Kier molecular flexibility index (Phi) is 6.61. The van der Waals surface area contributed by atoms with Crippen molar-refractivity contribution in [2.75, 3.05) is 13.1 Å². The Bertz CT molecular complexity index is 1160. The summed E-state index contributed by atoms with van der Waals surface area (Å²) in [4.78, 5) is 15.1. The molecule has 4 rings (SSSR count). The van der Waals surface area contributed by atoms with Gasteiger partial charge < -0.3 is 13.8 Å². The van der Waals surface area contributed by atoms with Gasteiger partial charge in [-0.25, -0.2) is 4.79 Å². The summed E-state index contributed by atoms with van der Waals surface area (Å²) < 4.78 is 37.8. The molecule has 0 radical (unpaired) electrons. The normalized spacial score (nSPS) is 19.6. The fraction of sp³-hybridized carbons (Fsp3) is 0.346. The van der Waals surface area contributed by atoms with Crippen LogP contribution in [-0.2, 0) is 14.9 Å². The van der Waals surface area contributed by atoms with Gasteiger partial charge >= 0.3 is 16.1 Å². The number of para-hydroxylation sites is 2. The van der Waals surface area contributed by atoms with Crippen molar-refractivity contribution in [3.05, 3.63) is 82.9 Å². The lowest BCUT2D eigenvalue weighted by Gasteiger charge is -2.36. The van der Waals surface area contributed by atoms with Crippen molar-refractivity contribution in [1.29, 1.82) is 0 Å². The highest BCUT2D eigenvalue weighted by Crippen LogP contribution is 2.42. The molecule has 7 heteroatoms. The molecule has 1 saturated heterocycles. The molecule has 6 nitrogen and oxygen atoms in total. The van der Waals surface area contributed by atoms with Crippen LogP contribution in [0.5, 0.6) is 11.5 Å². The van der Waals surface area contributed by atoms with E-state index in [1.807, 2.05) is 6.08 Å². The molecule has 0 unspecified atom stereocenters. The Morgan fingerprint density at radius 2 is 1.45 bits per heavy atom. The number of carbonyl (C=O) groups is 1. The van der Waals surface area contributed by atoms with E-state index >= 15 is 0 Å². The topological polar surface area (TPSA) is 72.9 Å². The zero-order valence-corrected chi connectivity index (χ0v) is 19.8. The summed E-state index contributed by atoms with van der Waals surface area (Å²) in [5.74, 6) is -0.530. The monoisotopic (exact) mass is 467 g/mol. The SMILES string of the molecule is CC1(C)CC(N2CCCC2)=CC(=C(C(=O)Oc2ccccc2)S(=O)(=O)Oc2ccccc2)C1. The predicted molar refractivity (Wildman–Crippen MR) is 127 cm³/mol. The van der Waals surface area contributed by atoms with Crippen molar-refractivity contribution in [2.24, 2.45) is 5.41 Å². The van der Waals surface area contributed by atoms with Gasteiger partial charge in [-0.3, -0.25) is 0 Å². The van der Waals surface area contributed by atoms with Gasteiger partial charge in [0, 0.05) is 18.8 Å². The van der Waals surface area contributed by atoms with E-state index in [2.05, 4.69) is 18.7 Å². The summed E-state index contributed by atoms with van der Waals surface area (Å²) >= 11 is 0. The van der Waals surface area contributed by atoms with E-state index in [4.69, 9.17) is 8.92 Å². The maximum absolute atomic E-state index is 13.4. The van der Waals surface area contributed by atoms with Crippen LogP contribution >= 0.6 is 0 Å². The fourth-order valence-corrected chi connectivity index (χ4v) is 5.55. The highest BCUT2D eigenvalue weighted by atomic mass is 32.2. The summed E-state index contributed by atoms with van der Waals surface area (Å²) in [5.41, 5.74) is 1.26. The first-order valence-electron chi connectivity index (χ1n) is 11.2. The molecule has 2 aliphatic rings. The lowest BCUT2D eigenvalue weighted by atomic mass is 9.76. The van der Waals surface area contributed by atoms with E-state index in [-0.39, 0.29) is 16.9 Å². The van der Waals surface area contributed by atoms with Crippen LogP contribution in [0, 0.1) is 5.41 Å². The average molecular weight is 468 g/mol. The van der Waals surface area contributed by atoms with Crippen molar-refractivity contribution < 1.29 is 22.1 Å². The van der Waals surface area contributed by atoms with E-state index in [0.717, 1.165) is 38.0 Å². The molecule has 0 amide bonds. The third-order valence-corrected chi connectivity index (χ3v) is 7.15. The molecule has 1 heterocycles. The van der Waals surface area contributed by atoms with Gasteiger partial charge in [-0.1, -0.05) is 50.2 Å². The van der Waals surface area contributed by atoms with Crippen molar-refractivity contribution in [1.82, 2.24) is 4.90 Å². The fourth-order valence-electron chi connectivity index (χ4n) is 4.40. The second kappa shape index (κ2) is 9.43. The molecular formula is C26H29NO5S. The van der Waals surface area contributed by atoms with Crippen molar-refractivity contribution in [3.63, 3.8) is 0 Å². The first-order chi connectivity index (χ1) is 15.7. The molecular weight excluding hydrogens is 438 g/mol. The quantitative estimate of drug-likeness (QED) is 0.256. The van der Waals surface area contributed by atoms with Crippen LogP contribution in [0.3, 0.4) is 0 Å². The van der Waals surface area contributed by atoms with E-state index in [1.54, 1.807) is 60.7 Å². The molecule has 0 spiro atoms. The summed E-state index contributed by atoms with van der Waals surface area (Å²) in [6.45, 7) is 6.04. The second-order valence-electron chi connectivity index (χ2n) is 9.26. The molecule has 2 aromatic rings. The number of nitrogens with zero attached hydrogens (tertiary/aromatic N) is 1. The largest absolute Gasteiger partial charge is 0.422 e. The maximum Gasteiger partial charge on any atom is 0.359 e. The minimum absolute atomic E-state index is 0.141. The number of esters is 1.